The molecular weight excluding hydrogens is 378 g/mol. The van der Waals surface area contributed by atoms with Gasteiger partial charge in [-0.15, -0.1) is 0 Å². The van der Waals surface area contributed by atoms with Gasteiger partial charge in [-0.1, -0.05) is 44.0 Å². The molecule has 154 valence electrons. The van der Waals surface area contributed by atoms with Gasteiger partial charge in [0.05, 0.1) is 29.8 Å². The van der Waals surface area contributed by atoms with E-state index < -0.39 is 6.09 Å². The van der Waals surface area contributed by atoms with E-state index in [2.05, 4.69) is 23.6 Å². The Bertz CT molecular complexity index is 1060. The van der Waals surface area contributed by atoms with Gasteiger partial charge in [0.25, 0.3) is 0 Å². The van der Waals surface area contributed by atoms with Crippen molar-refractivity contribution in [3.8, 4) is 17.3 Å². The number of amides is 1. The second-order valence-electron chi connectivity index (χ2n) is 6.96. The molecule has 0 aliphatic heterocycles. The summed E-state index contributed by atoms with van der Waals surface area (Å²) in [7, 11) is 1.35. The minimum Gasteiger partial charge on any atom is -0.453 e. The molecule has 1 unspecified atom stereocenters. The SMILES string of the molecule is CCCCC(CNC(=O)OC)Nc1nc2ccccc2nc1-c1cccc(C#N)c1. The zero-order valence-corrected chi connectivity index (χ0v) is 17.2. The van der Waals surface area contributed by atoms with Crippen molar-refractivity contribution in [2.45, 2.75) is 32.2 Å². The van der Waals surface area contributed by atoms with Crippen molar-refractivity contribution < 1.29 is 9.53 Å². The van der Waals surface area contributed by atoms with Crippen LogP contribution in [-0.2, 0) is 4.74 Å². The number of alkyl carbamates (subject to hydrolysis) is 1. The van der Waals surface area contributed by atoms with E-state index in [4.69, 9.17) is 14.7 Å². The summed E-state index contributed by atoms with van der Waals surface area (Å²) in [6.07, 6.45) is 2.43. The van der Waals surface area contributed by atoms with Crippen LogP contribution in [-0.4, -0.2) is 35.8 Å². The lowest BCUT2D eigenvalue weighted by atomic mass is 10.1. The molecule has 0 fully saturated rings. The van der Waals surface area contributed by atoms with Gasteiger partial charge in [0.2, 0.25) is 0 Å². The second kappa shape index (κ2) is 10.2. The lowest BCUT2D eigenvalue weighted by Gasteiger charge is -2.21. The van der Waals surface area contributed by atoms with Crippen LogP contribution in [0.15, 0.2) is 48.5 Å². The molecule has 3 rings (SSSR count). The Balaban J connectivity index is 2.00. The van der Waals surface area contributed by atoms with Gasteiger partial charge in [-0.25, -0.2) is 14.8 Å². The van der Waals surface area contributed by atoms with Crippen LogP contribution in [0.4, 0.5) is 10.6 Å². The van der Waals surface area contributed by atoms with Gasteiger partial charge in [0.1, 0.15) is 5.69 Å². The van der Waals surface area contributed by atoms with Gasteiger partial charge in [-0.3, -0.25) is 0 Å². The molecule has 2 aromatic carbocycles. The van der Waals surface area contributed by atoms with E-state index in [9.17, 15) is 10.1 Å². The molecule has 0 radical (unpaired) electrons. The highest BCUT2D eigenvalue weighted by Gasteiger charge is 2.17. The third kappa shape index (κ3) is 5.23. The molecule has 7 heteroatoms. The standard InChI is InChI=1S/C23H25N5O2/c1-3-4-10-18(15-25-23(29)30-2)26-22-21(17-9-7-8-16(13-17)14-24)27-19-11-5-6-12-20(19)28-22/h5-9,11-13,18H,3-4,10,15H2,1-2H3,(H,25,29)(H,26,28). The molecule has 0 aliphatic rings. The number of nitrogens with zero attached hydrogens (tertiary/aromatic N) is 3. The Labute approximate surface area is 176 Å². The summed E-state index contributed by atoms with van der Waals surface area (Å²) in [4.78, 5) is 21.2. The highest BCUT2D eigenvalue weighted by atomic mass is 16.5. The van der Waals surface area contributed by atoms with Crippen LogP contribution in [0.25, 0.3) is 22.3 Å². The third-order valence-electron chi connectivity index (χ3n) is 4.76. The molecule has 0 bridgehead atoms. The quantitative estimate of drug-likeness (QED) is 0.575. The van der Waals surface area contributed by atoms with Gasteiger partial charge in [0, 0.05) is 18.2 Å². The van der Waals surface area contributed by atoms with Crippen LogP contribution in [0.3, 0.4) is 0 Å². The number of fused-ring (bicyclic) bond motifs is 1. The molecule has 1 atom stereocenters. The number of anilines is 1. The van der Waals surface area contributed by atoms with Gasteiger partial charge < -0.3 is 15.4 Å². The number of methoxy groups -OCH3 is 1. The maximum absolute atomic E-state index is 11.6. The lowest BCUT2D eigenvalue weighted by Crippen LogP contribution is -2.36. The molecule has 1 aromatic heterocycles. The smallest absolute Gasteiger partial charge is 0.406 e. The van der Waals surface area contributed by atoms with Crippen LogP contribution in [0.1, 0.15) is 31.7 Å². The summed E-state index contributed by atoms with van der Waals surface area (Å²) < 4.78 is 4.70. The van der Waals surface area contributed by atoms with E-state index in [1.165, 1.54) is 7.11 Å². The number of nitriles is 1. The largest absolute Gasteiger partial charge is 0.453 e. The van der Waals surface area contributed by atoms with Gasteiger partial charge in [-0.05, 0) is 30.7 Å². The summed E-state index contributed by atoms with van der Waals surface area (Å²) in [5, 5.41) is 15.5. The summed E-state index contributed by atoms with van der Waals surface area (Å²) in [6, 6.07) is 17.1. The number of rotatable bonds is 8. The first-order valence-electron chi connectivity index (χ1n) is 10.00. The average Bonchev–Trinajstić information content (AvgIpc) is 2.80. The molecule has 30 heavy (non-hydrogen) atoms. The molecule has 7 nitrogen and oxygen atoms in total. The number of carbonyl (C=O) groups is 1. The summed E-state index contributed by atoms with van der Waals surface area (Å²) in [6.45, 7) is 2.53. The van der Waals surface area contributed by atoms with Crippen molar-refractivity contribution in [2.24, 2.45) is 0 Å². The Hall–Kier alpha value is -3.66. The zero-order chi connectivity index (χ0) is 21.3. The van der Waals surface area contributed by atoms with Crippen molar-refractivity contribution in [3.05, 3.63) is 54.1 Å². The number of nitrogens with one attached hydrogen (secondary N) is 2. The first-order valence-corrected chi connectivity index (χ1v) is 10.00. The molecule has 3 aromatic rings. The summed E-state index contributed by atoms with van der Waals surface area (Å²) >= 11 is 0. The Morgan fingerprint density at radius 3 is 2.63 bits per heavy atom. The molecule has 0 saturated carbocycles. The van der Waals surface area contributed by atoms with E-state index in [1.807, 2.05) is 36.4 Å². The number of hydrogen-bond donors (Lipinski definition) is 2. The van der Waals surface area contributed by atoms with Crippen LogP contribution in [0.2, 0.25) is 0 Å². The van der Waals surface area contributed by atoms with E-state index in [0.29, 0.717) is 23.6 Å². The maximum Gasteiger partial charge on any atom is 0.406 e. The van der Waals surface area contributed by atoms with Crippen LogP contribution in [0, 0.1) is 11.3 Å². The number of carbonyl (C=O) groups excluding carboxylic acids is 1. The van der Waals surface area contributed by atoms with Crippen molar-refractivity contribution in [1.82, 2.24) is 15.3 Å². The van der Waals surface area contributed by atoms with Crippen molar-refractivity contribution >= 4 is 22.9 Å². The number of aromatic nitrogens is 2. The molecular formula is C23H25N5O2. The topological polar surface area (TPSA) is 99.9 Å². The van der Waals surface area contributed by atoms with Gasteiger partial charge in [0.15, 0.2) is 5.82 Å². The minimum absolute atomic E-state index is 0.0441. The van der Waals surface area contributed by atoms with Crippen molar-refractivity contribution in [2.75, 3.05) is 19.0 Å². The fraction of sp³-hybridized carbons (Fsp3) is 0.304. The maximum atomic E-state index is 11.6. The number of para-hydroxylation sites is 2. The van der Waals surface area contributed by atoms with Crippen LogP contribution in [0.5, 0.6) is 0 Å². The molecule has 2 N–H and O–H groups in total. The van der Waals surface area contributed by atoms with Crippen molar-refractivity contribution in [1.29, 1.82) is 5.26 Å². The highest BCUT2D eigenvalue weighted by molar-refractivity contribution is 5.83. The Kier molecular flexibility index (Phi) is 7.17. The molecule has 1 amide bonds. The normalized spacial score (nSPS) is 11.5. The van der Waals surface area contributed by atoms with E-state index in [0.717, 1.165) is 35.9 Å². The fourth-order valence-electron chi connectivity index (χ4n) is 3.19. The Morgan fingerprint density at radius 1 is 1.17 bits per heavy atom. The number of ether oxygens (including phenoxy) is 1. The average molecular weight is 403 g/mol. The predicted molar refractivity (Wildman–Crippen MR) is 117 cm³/mol. The summed E-state index contributed by atoms with van der Waals surface area (Å²) in [5.74, 6) is 0.622. The minimum atomic E-state index is -0.468. The number of hydrogen-bond acceptors (Lipinski definition) is 6. The highest BCUT2D eigenvalue weighted by Crippen LogP contribution is 2.28. The predicted octanol–water partition coefficient (Wildman–Crippen LogP) is 4.50. The molecule has 0 spiro atoms. The van der Waals surface area contributed by atoms with E-state index >= 15 is 0 Å². The monoisotopic (exact) mass is 403 g/mol. The van der Waals surface area contributed by atoms with Crippen LogP contribution >= 0.6 is 0 Å². The lowest BCUT2D eigenvalue weighted by molar-refractivity contribution is 0.170. The second-order valence-corrected chi connectivity index (χ2v) is 6.96. The number of unbranched alkanes of at least 4 members (excludes halogenated alkanes) is 1. The number of benzene rings is 2. The van der Waals surface area contributed by atoms with E-state index in [1.54, 1.807) is 12.1 Å². The molecule has 1 heterocycles. The van der Waals surface area contributed by atoms with Crippen molar-refractivity contribution in [3.63, 3.8) is 0 Å². The Morgan fingerprint density at radius 2 is 1.93 bits per heavy atom. The first kappa shape index (κ1) is 21.1. The third-order valence-corrected chi connectivity index (χ3v) is 4.76. The van der Waals surface area contributed by atoms with Gasteiger partial charge in [-0.2, -0.15) is 5.26 Å². The van der Waals surface area contributed by atoms with E-state index in [-0.39, 0.29) is 6.04 Å². The fourth-order valence-corrected chi connectivity index (χ4v) is 3.19. The van der Waals surface area contributed by atoms with Gasteiger partial charge >= 0.3 is 6.09 Å². The molecule has 0 saturated heterocycles. The molecule has 0 aliphatic carbocycles. The first-order chi connectivity index (χ1) is 14.6. The summed E-state index contributed by atoms with van der Waals surface area (Å²) in [5.41, 5.74) is 3.59. The zero-order valence-electron chi connectivity index (χ0n) is 17.2. The van der Waals surface area contributed by atoms with Crippen LogP contribution < -0.4 is 10.6 Å².